The van der Waals surface area contributed by atoms with E-state index in [1.165, 1.54) is 25.7 Å². The Bertz CT molecular complexity index is 249. The van der Waals surface area contributed by atoms with E-state index in [1.807, 2.05) is 4.90 Å². The molecule has 2 unspecified atom stereocenters. The lowest BCUT2D eigenvalue weighted by molar-refractivity contribution is -0.140. The number of carbonyl (C=O) groups is 1. The number of nitrogens with zero attached hydrogens (tertiary/aromatic N) is 1. The van der Waals surface area contributed by atoms with E-state index in [9.17, 15) is 4.79 Å². The zero-order valence-corrected chi connectivity index (χ0v) is 11.0. The molecule has 0 aromatic rings. The zero-order chi connectivity index (χ0) is 12.1. The van der Waals surface area contributed by atoms with Crippen molar-refractivity contribution in [2.24, 2.45) is 5.92 Å². The van der Waals surface area contributed by atoms with E-state index in [0.717, 1.165) is 32.4 Å². The molecule has 3 heteroatoms. The molecule has 0 aromatic carbocycles. The maximum atomic E-state index is 11.9. The van der Waals surface area contributed by atoms with E-state index in [1.54, 1.807) is 0 Å². The van der Waals surface area contributed by atoms with E-state index >= 15 is 0 Å². The molecule has 0 aromatic heterocycles. The Kier molecular flexibility index (Phi) is 4.84. The lowest BCUT2D eigenvalue weighted by Crippen LogP contribution is -2.39. The number of hydrogen-bond donors (Lipinski definition) is 0. The molecule has 0 spiro atoms. The van der Waals surface area contributed by atoms with Crippen molar-refractivity contribution in [1.29, 1.82) is 0 Å². The Morgan fingerprint density at radius 3 is 2.53 bits per heavy atom. The molecule has 0 radical (unpaired) electrons. The van der Waals surface area contributed by atoms with Gasteiger partial charge >= 0.3 is 0 Å². The summed E-state index contributed by atoms with van der Waals surface area (Å²) in [4.78, 5) is 13.9. The maximum Gasteiger partial charge on any atom is 0.248 e. The summed E-state index contributed by atoms with van der Waals surface area (Å²) in [7, 11) is 0. The van der Waals surface area contributed by atoms with Gasteiger partial charge in [-0.2, -0.15) is 0 Å². The summed E-state index contributed by atoms with van der Waals surface area (Å²) in [5.41, 5.74) is 0. The van der Waals surface area contributed by atoms with Crippen LogP contribution in [-0.2, 0) is 9.53 Å². The summed E-state index contributed by atoms with van der Waals surface area (Å²) < 4.78 is 5.82. The highest BCUT2D eigenvalue weighted by atomic mass is 16.5. The van der Waals surface area contributed by atoms with Gasteiger partial charge in [-0.05, 0) is 38.0 Å². The van der Waals surface area contributed by atoms with Crippen LogP contribution in [0.1, 0.15) is 51.9 Å². The minimum Gasteiger partial charge on any atom is -0.368 e. The van der Waals surface area contributed by atoms with E-state index < -0.39 is 0 Å². The number of piperidine rings is 1. The van der Waals surface area contributed by atoms with Crippen molar-refractivity contribution in [2.45, 2.75) is 58.0 Å². The molecule has 98 valence electrons. The van der Waals surface area contributed by atoms with Gasteiger partial charge < -0.3 is 9.64 Å². The first-order valence-corrected chi connectivity index (χ1v) is 7.17. The summed E-state index contributed by atoms with van der Waals surface area (Å²) in [6.07, 6.45) is 8.87. The van der Waals surface area contributed by atoms with Gasteiger partial charge in [-0.15, -0.1) is 0 Å². The quantitative estimate of drug-likeness (QED) is 0.757. The molecule has 2 aliphatic rings. The second kappa shape index (κ2) is 6.39. The van der Waals surface area contributed by atoms with E-state index in [2.05, 4.69) is 6.92 Å². The van der Waals surface area contributed by atoms with Crippen LogP contribution >= 0.6 is 0 Å². The molecule has 1 saturated carbocycles. The number of rotatable bonds is 3. The van der Waals surface area contributed by atoms with Gasteiger partial charge in [-0.3, -0.25) is 4.79 Å². The molecule has 17 heavy (non-hydrogen) atoms. The second-order valence-corrected chi connectivity index (χ2v) is 5.55. The molecule has 1 amide bonds. The molecular formula is C14H25NO2. The Balaban J connectivity index is 1.71. The standard InChI is InChI=1S/C14H25NO2/c1-12-7-3-4-8-13(12)17-11-14(16)15-9-5-2-6-10-15/h12-13H,2-11H2,1H3. The van der Waals surface area contributed by atoms with Crippen molar-refractivity contribution in [3.05, 3.63) is 0 Å². The number of hydrogen-bond acceptors (Lipinski definition) is 2. The third-order valence-corrected chi connectivity index (χ3v) is 4.16. The maximum absolute atomic E-state index is 11.9. The fraction of sp³-hybridized carbons (Fsp3) is 0.929. The van der Waals surface area contributed by atoms with Gasteiger partial charge in [0.05, 0.1) is 6.10 Å². The largest absolute Gasteiger partial charge is 0.368 e. The van der Waals surface area contributed by atoms with Crippen LogP contribution in [0, 0.1) is 5.92 Å². The number of amides is 1. The number of likely N-dealkylation sites (tertiary alicyclic amines) is 1. The number of ether oxygens (including phenoxy) is 1. The number of carbonyl (C=O) groups excluding carboxylic acids is 1. The summed E-state index contributed by atoms with van der Waals surface area (Å²) in [6, 6.07) is 0. The first kappa shape index (κ1) is 12.9. The predicted molar refractivity (Wildman–Crippen MR) is 67.8 cm³/mol. The predicted octanol–water partition coefficient (Wildman–Crippen LogP) is 2.59. The molecule has 1 saturated heterocycles. The molecule has 2 atom stereocenters. The Hall–Kier alpha value is -0.570. The fourth-order valence-corrected chi connectivity index (χ4v) is 2.94. The molecular weight excluding hydrogens is 214 g/mol. The Morgan fingerprint density at radius 2 is 1.82 bits per heavy atom. The normalized spacial score (nSPS) is 30.3. The minimum absolute atomic E-state index is 0.197. The SMILES string of the molecule is CC1CCCCC1OCC(=O)N1CCCCC1. The zero-order valence-electron chi connectivity index (χ0n) is 11.0. The van der Waals surface area contributed by atoms with Crippen molar-refractivity contribution in [1.82, 2.24) is 4.90 Å². The van der Waals surface area contributed by atoms with Crippen LogP contribution in [0.4, 0.5) is 0 Å². The van der Waals surface area contributed by atoms with Crippen molar-refractivity contribution < 1.29 is 9.53 Å². The summed E-state index contributed by atoms with van der Waals surface area (Å²) in [6.45, 7) is 4.41. The average molecular weight is 239 g/mol. The van der Waals surface area contributed by atoms with Gasteiger partial charge in [-0.1, -0.05) is 19.8 Å². The van der Waals surface area contributed by atoms with Gasteiger partial charge in [0.1, 0.15) is 6.61 Å². The molecule has 1 heterocycles. The van der Waals surface area contributed by atoms with Gasteiger partial charge in [0.2, 0.25) is 5.91 Å². The molecule has 2 rings (SSSR count). The van der Waals surface area contributed by atoms with Crippen LogP contribution in [-0.4, -0.2) is 36.6 Å². The topological polar surface area (TPSA) is 29.5 Å². The smallest absolute Gasteiger partial charge is 0.248 e. The van der Waals surface area contributed by atoms with E-state index in [0.29, 0.717) is 18.6 Å². The van der Waals surface area contributed by atoms with Crippen LogP contribution in [0.3, 0.4) is 0 Å². The third-order valence-electron chi connectivity index (χ3n) is 4.16. The molecule has 1 aliphatic heterocycles. The van der Waals surface area contributed by atoms with Gasteiger partial charge in [0.25, 0.3) is 0 Å². The lowest BCUT2D eigenvalue weighted by Gasteiger charge is -2.31. The Morgan fingerprint density at radius 1 is 1.12 bits per heavy atom. The van der Waals surface area contributed by atoms with Crippen molar-refractivity contribution >= 4 is 5.91 Å². The molecule has 2 fully saturated rings. The average Bonchev–Trinajstić information content (AvgIpc) is 2.38. The fourth-order valence-electron chi connectivity index (χ4n) is 2.94. The molecule has 3 nitrogen and oxygen atoms in total. The van der Waals surface area contributed by atoms with Crippen LogP contribution in [0.5, 0.6) is 0 Å². The molecule has 0 N–H and O–H groups in total. The highest BCUT2D eigenvalue weighted by Crippen LogP contribution is 2.26. The van der Waals surface area contributed by atoms with Crippen LogP contribution in [0.25, 0.3) is 0 Å². The van der Waals surface area contributed by atoms with Crippen molar-refractivity contribution in [2.75, 3.05) is 19.7 Å². The third kappa shape index (κ3) is 3.70. The molecule has 0 bridgehead atoms. The van der Waals surface area contributed by atoms with Crippen LogP contribution in [0.15, 0.2) is 0 Å². The summed E-state index contributed by atoms with van der Waals surface area (Å²) in [5, 5.41) is 0. The first-order valence-electron chi connectivity index (χ1n) is 7.17. The van der Waals surface area contributed by atoms with Crippen LogP contribution in [0.2, 0.25) is 0 Å². The van der Waals surface area contributed by atoms with Gasteiger partial charge in [0, 0.05) is 13.1 Å². The van der Waals surface area contributed by atoms with Gasteiger partial charge in [0.15, 0.2) is 0 Å². The van der Waals surface area contributed by atoms with Crippen LogP contribution < -0.4 is 0 Å². The minimum atomic E-state index is 0.197. The lowest BCUT2D eigenvalue weighted by atomic mass is 9.88. The van der Waals surface area contributed by atoms with E-state index in [4.69, 9.17) is 4.74 Å². The highest BCUT2D eigenvalue weighted by Gasteiger charge is 2.24. The first-order chi connectivity index (χ1) is 8.27. The highest BCUT2D eigenvalue weighted by molar-refractivity contribution is 5.77. The van der Waals surface area contributed by atoms with Gasteiger partial charge in [-0.25, -0.2) is 0 Å². The molecule has 1 aliphatic carbocycles. The van der Waals surface area contributed by atoms with Crippen molar-refractivity contribution in [3.8, 4) is 0 Å². The van der Waals surface area contributed by atoms with Crippen molar-refractivity contribution in [3.63, 3.8) is 0 Å². The second-order valence-electron chi connectivity index (χ2n) is 5.55. The van der Waals surface area contributed by atoms with E-state index in [-0.39, 0.29) is 5.91 Å². The summed E-state index contributed by atoms with van der Waals surface area (Å²) >= 11 is 0. The Labute approximate surface area is 105 Å². The summed E-state index contributed by atoms with van der Waals surface area (Å²) in [5.74, 6) is 0.820. The monoisotopic (exact) mass is 239 g/mol.